The Labute approximate surface area is 122 Å². The van der Waals surface area contributed by atoms with Crippen molar-refractivity contribution < 1.29 is 4.74 Å². The maximum atomic E-state index is 5.14. The van der Waals surface area contributed by atoms with E-state index in [2.05, 4.69) is 47.1 Å². The number of nitrogens with zero attached hydrogens (tertiary/aromatic N) is 1. The standard InChI is InChI=1S/C17H26N2O/c1-2-20-13-7-11-18-17-10-6-12-19(15-17)14-16-8-4-3-5-9-16/h2-5,8-9,17-18H,1,6-7,10-15H2. The van der Waals surface area contributed by atoms with E-state index >= 15 is 0 Å². The van der Waals surface area contributed by atoms with E-state index in [4.69, 9.17) is 4.74 Å². The Balaban J connectivity index is 1.67. The van der Waals surface area contributed by atoms with Gasteiger partial charge in [0, 0.05) is 19.1 Å². The summed E-state index contributed by atoms with van der Waals surface area (Å²) in [6, 6.07) is 11.4. The van der Waals surface area contributed by atoms with E-state index in [0.717, 1.165) is 32.7 Å². The van der Waals surface area contributed by atoms with Crippen LogP contribution in [-0.2, 0) is 11.3 Å². The molecular weight excluding hydrogens is 248 g/mol. The van der Waals surface area contributed by atoms with Crippen LogP contribution in [0.15, 0.2) is 43.2 Å². The van der Waals surface area contributed by atoms with Gasteiger partial charge >= 0.3 is 0 Å². The lowest BCUT2D eigenvalue weighted by Gasteiger charge is -2.33. The molecule has 110 valence electrons. The summed E-state index contributed by atoms with van der Waals surface area (Å²) >= 11 is 0. The maximum absolute atomic E-state index is 5.14. The Bertz CT molecular complexity index is 380. The number of hydrogen-bond donors (Lipinski definition) is 1. The lowest BCUT2D eigenvalue weighted by Crippen LogP contribution is -2.45. The van der Waals surface area contributed by atoms with Crippen LogP contribution in [-0.4, -0.2) is 37.2 Å². The summed E-state index contributed by atoms with van der Waals surface area (Å²) < 4.78 is 5.14. The summed E-state index contributed by atoms with van der Waals surface area (Å²) in [4.78, 5) is 2.55. The van der Waals surface area contributed by atoms with Gasteiger partial charge in [-0.1, -0.05) is 36.9 Å². The van der Waals surface area contributed by atoms with Gasteiger partial charge in [0.05, 0.1) is 12.9 Å². The third-order valence-electron chi connectivity index (χ3n) is 3.74. The zero-order valence-electron chi connectivity index (χ0n) is 12.3. The van der Waals surface area contributed by atoms with Crippen LogP contribution in [0.5, 0.6) is 0 Å². The van der Waals surface area contributed by atoms with Gasteiger partial charge < -0.3 is 10.1 Å². The molecule has 1 aliphatic heterocycles. The molecule has 0 amide bonds. The molecule has 0 bridgehead atoms. The van der Waals surface area contributed by atoms with Crippen molar-refractivity contribution >= 4 is 0 Å². The van der Waals surface area contributed by atoms with Gasteiger partial charge in [-0.3, -0.25) is 4.90 Å². The van der Waals surface area contributed by atoms with Crippen molar-refractivity contribution in [2.24, 2.45) is 0 Å². The number of nitrogens with one attached hydrogen (secondary N) is 1. The highest BCUT2D eigenvalue weighted by Crippen LogP contribution is 2.13. The number of hydrogen-bond acceptors (Lipinski definition) is 3. The third-order valence-corrected chi connectivity index (χ3v) is 3.74. The van der Waals surface area contributed by atoms with E-state index in [1.807, 2.05) is 0 Å². The molecule has 3 nitrogen and oxygen atoms in total. The van der Waals surface area contributed by atoms with Crippen LogP contribution in [0.3, 0.4) is 0 Å². The highest BCUT2D eigenvalue weighted by molar-refractivity contribution is 5.14. The summed E-state index contributed by atoms with van der Waals surface area (Å²) in [6.07, 6.45) is 5.13. The number of piperidine rings is 1. The predicted octanol–water partition coefficient (Wildman–Crippen LogP) is 2.79. The van der Waals surface area contributed by atoms with Crippen molar-refractivity contribution in [2.45, 2.75) is 31.8 Å². The van der Waals surface area contributed by atoms with Gasteiger partial charge in [-0.2, -0.15) is 0 Å². The van der Waals surface area contributed by atoms with E-state index in [-0.39, 0.29) is 0 Å². The van der Waals surface area contributed by atoms with Crippen molar-refractivity contribution in [3.05, 3.63) is 48.7 Å². The molecule has 3 heteroatoms. The maximum Gasteiger partial charge on any atom is 0.0885 e. The first-order valence-electron chi connectivity index (χ1n) is 7.60. The first-order valence-corrected chi connectivity index (χ1v) is 7.60. The summed E-state index contributed by atoms with van der Waals surface area (Å²) in [5.74, 6) is 0. The molecule has 1 atom stereocenters. The van der Waals surface area contributed by atoms with Crippen LogP contribution in [0.1, 0.15) is 24.8 Å². The molecule has 20 heavy (non-hydrogen) atoms. The third kappa shape index (κ3) is 5.35. The van der Waals surface area contributed by atoms with Crippen LogP contribution in [0.4, 0.5) is 0 Å². The van der Waals surface area contributed by atoms with Gasteiger partial charge in [-0.25, -0.2) is 0 Å². The molecule has 0 radical (unpaired) electrons. The lowest BCUT2D eigenvalue weighted by molar-refractivity contribution is 0.179. The van der Waals surface area contributed by atoms with E-state index in [1.54, 1.807) is 0 Å². The first kappa shape index (κ1) is 15.1. The topological polar surface area (TPSA) is 24.5 Å². The number of benzene rings is 1. The highest BCUT2D eigenvalue weighted by atomic mass is 16.5. The molecule has 1 aromatic carbocycles. The smallest absolute Gasteiger partial charge is 0.0885 e. The molecule has 1 aliphatic rings. The molecule has 1 saturated heterocycles. The van der Waals surface area contributed by atoms with E-state index < -0.39 is 0 Å². The summed E-state index contributed by atoms with van der Waals surface area (Å²) in [7, 11) is 0. The second-order valence-corrected chi connectivity index (χ2v) is 5.41. The fraction of sp³-hybridized carbons (Fsp3) is 0.529. The Morgan fingerprint density at radius 1 is 1.35 bits per heavy atom. The molecule has 0 spiro atoms. The number of likely N-dealkylation sites (tertiary alicyclic amines) is 1. The van der Waals surface area contributed by atoms with E-state index in [0.29, 0.717) is 6.04 Å². The minimum atomic E-state index is 0.621. The van der Waals surface area contributed by atoms with Crippen molar-refractivity contribution in [1.29, 1.82) is 0 Å². The Morgan fingerprint density at radius 3 is 3.00 bits per heavy atom. The molecular formula is C17H26N2O. The number of ether oxygens (including phenoxy) is 1. The second-order valence-electron chi connectivity index (χ2n) is 5.41. The average Bonchev–Trinajstić information content (AvgIpc) is 2.48. The largest absolute Gasteiger partial charge is 0.502 e. The van der Waals surface area contributed by atoms with Crippen LogP contribution in [0, 0.1) is 0 Å². The number of rotatable bonds is 8. The first-order chi connectivity index (χ1) is 9.88. The molecule has 1 aromatic rings. The van der Waals surface area contributed by atoms with Gasteiger partial charge in [0.1, 0.15) is 0 Å². The van der Waals surface area contributed by atoms with E-state index in [1.165, 1.54) is 31.2 Å². The highest BCUT2D eigenvalue weighted by Gasteiger charge is 2.19. The van der Waals surface area contributed by atoms with Gasteiger partial charge in [-0.15, -0.1) is 0 Å². The summed E-state index contributed by atoms with van der Waals surface area (Å²) in [5.41, 5.74) is 1.41. The SMILES string of the molecule is C=COCCCNC1CCCN(Cc2ccccc2)C1. The molecule has 0 aromatic heterocycles. The normalized spacial score (nSPS) is 19.7. The average molecular weight is 274 g/mol. The van der Waals surface area contributed by atoms with Gasteiger partial charge in [0.25, 0.3) is 0 Å². The van der Waals surface area contributed by atoms with Crippen LogP contribution in [0.25, 0.3) is 0 Å². The van der Waals surface area contributed by atoms with Crippen molar-refractivity contribution in [3.8, 4) is 0 Å². The van der Waals surface area contributed by atoms with Gasteiger partial charge in [-0.05, 0) is 37.9 Å². The van der Waals surface area contributed by atoms with Crippen LogP contribution >= 0.6 is 0 Å². The monoisotopic (exact) mass is 274 g/mol. The Kier molecular flexibility index (Phi) is 6.61. The van der Waals surface area contributed by atoms with Crippen molar-refractivity contribution in [2.75, 3.05) is 26.2 Å². The molecule has 1 fully saturated rings. The Morgan fingerprint density at radius 2 is 2.20 bits per heavy atom. The van der Waals surface area contributed by atoms with Crippen LogP contribution in [0.2, 0.25) is 0 Å². The lowest BCUT2D eigenvalue weighted by atomic mass is 10.0. The fourth-order valence-corrected chi connectivity index (χ4v) is 2.75. The molecule has 0 aliphatic carbocycles. The molecule has 1 heterocycles. The second kappa shape index (κ2) is 8.77. The van der Waals surface area contributed by atoms with Gasteiger partial charge in [0.2, 0.25) is 0 Å². The predicted molar refractivity (Wildman–Crippen MR) is 83.5 cm³/mol. The quantitative estimate of drug-likeness (QED) is 0.583. The van der Waals surface area contributed by atoms with E-state index in [9.17, 15) is 0 Å². The van der Waals surface area contributed by atoms with Crippen LogP contribution < -0.4 is 5.32 Å². The zero-order chi connectivity index (χ0) is 14.0. The molecule has 2 rings (SSSR count). The zero-order valence-corrected chi connectivity index (χ0v) is 12.3. The van der Waals surface area contributed by atoms with Gasteiger partial charge in [0.15, 0.2) is 0 Å². The molecule has 0 saturated carbocycles. The fourth-order valence-electron chi connectivity index (χ4n) is 2.75. The van der Waals surface area contributed by atoms with Crippen molar-refractivity contribution in [3.63, 3.8) is 0 Å². The Hall–Kier alpha value is -1.32. The summed E-state index contributed by atoms with van der Waals surface area (Å²) in [6.45, 7) is 8.77. The minimum absolute atomic E-state index is 0.621. The molecule has 1 unspecified atom stereocenters. The van der Waals surface area contributed by atoms with Crippen molar-refractivity contribution in [1.82, 2.24) is 10.2 Å². The molecule has 1 N–H and O–H groups in total. The minimum Gasteiger partial charge on any atom is -0.502 e. The summed E-state index contributed by atoms with van der Waals surface area (Å²) in [5, 5.41) is 3.64.